The molecule has 0 saturated carbocycles. The minimum absolute atomic E-state index is 0.0439. The molecule has 1 aromatic heterocycles. The molecule has 6 nitrogen and oxygen atoms in total. The molecule has 6 heteroatoms. The minimum Gasteiger partial charge on any atom is -0.483 e. The van der Waals surface area contributed by atoms with Crippen LogP contribution in [0.2, 0.25) is 0 Å². The molecule has 2 aromatic rings. The van der Waals surface area contributed by atoms with E-state index < -0.39 is 0 Å². The van der Waals surface area contributed by atoms with Gasteiger partial charge >= 0.3 is 0 Å². The number of carbonyl (C=O) groups excluding carboxylic acids is 1. The number of para-hydroxylation sites is 1. The molecule has 0 atom stereocenters. The Kier molecular flexibility index (Phi) is 4.52. The average molecular weight is 260 g/mol. The van der Waals surface area contributed by atoms with Gasteiger partial charge in [0, 0.05) is 24.5 Å². The smallest absolute Gasteiger partial charge is 0.258 e. The first-order valence-corrected chi connectivity index (χ1v) is 5.95. The summed E-state index contributed by atoms with van der Waals surface area (Å²) in [6.45, 7) is 0.690. The van der Waals surface area contributed by atoms with Gasteiger partial charge in [-0.1, -0.05) is 18.2 Å². The van der Waals surface area contributed by atoms with Crippen LogP contribution in [0, 0.1) is 0 Å². The molecule has 0 aliphatic heterocycles. The Morgan fingerprint density at radius 1 is 1.42 bits per heavy atom. The number of H-pyrrole nitrogens is 1. The van der Waals surface area contributed by atoms with Crippen molar-refractivity contribution in [2.75, 3.05) is 6.61 Å². The molecule has 1 heterocycles. The van der Waals surface area contributed by atoms with Gasteiger partial charge in [-0.2, -0.15) is 0 Å². The van der Waals surface area contributed by atoms with Crippen LogP contribution in [0.25, 0.3) is 0 Å². The van der Waals surface area contributed by atoms with Crippen molar-refractivity contribution in [1.29, 1.82) is 0 Å². The predicted octanol–water partition coefficient (Wildman–Crippen LogP) is 0.564. The first-order valence-electron chi connectivity index (χ1n) is 5.95. The van der Waals surface area contributed by atoms with Gasteiger partial charge in [-0.15, -0.1) is 0 Å². The van der Waals surface area contributed by atoms with Crippen molar-refractivity contribution in [2.45, 2.75) is 13.1 Å². The summed E-state index contributed by atoms with van der Waals surface area (Å²) in [6, 6.07) is 7.39. The van der Waals surface area contributed by atoms with Crippen molar-refractivity contribution in [2.24, 2.45) is 5.73 Å². The van der Waals surface area contributed by atoms with E-state index >= 15 is 0 Å². The highest BCUT2D eigenvalue weighted by Gasteiger charge is 2.06. The van der Waals surface area contributed by atoms with Crippen LogP contribution < -0.4 is 15.8 Å². The molecule has 4 N–H and O–H groups in total. The van der Waals surface area contributed by atoms with Gasteiger partial charge in [0.05, 0.1) is 6.54 Å². The molecule has 0 bridgehead atoms. The quantitative estimate of drug-likeness (QED) is 0.707. The van der Waals surface area contributed by atoms with Gasteiger partial charge in [0.2, 0.25) is 0 Å². The molecule has 0 radical (unpaired) electrons. The number of rotatable bonds is 6. The number of benzene rings is 1. The number of amides is 1. The number of hydrogen-bond donors (Lipinski definition) is 3. The Labute approximate surface area is 111 Å². The second-order valence-electron chi connectivity index (χ2n) is 3.91. The molecule has 0 spiro atoms. The third-order valence-corrected chi connectivity index (χ3v) is 2.56. The van der Waals surface area contributed by atoms with Crippen molar-refractivity contribution in [3.05, 3.63) is 48.0 Å². The molecule has 100 valence electrons. The Morgan fingerprint density at radius 2 is 2.26 bits per heavy atom. The molecule has 0 aliphatic carbocycles. The summed E-state index contributed by atoms with van der Waals surface area (Å²) in [5, 5.41) is 2.70. The highest BCUT2D eigenvalue weighted by Crippen LogP contribution is 2.16. The second kappa shape index (κ2) is 6.55. The number of aromatic nitrogens is 2. The van der Waals surface area contributed by atoms with Crippen LogP contribution in [0.4, 0.5) is 0 Å². The van der Waals surface area contributed by atoms with Crippen molar-refractivity contribution in [1.82, 2.24) is 15.3 Å². The van der Waals surface area contributed by atoms with E-state index in [1.807, 2.05) is 18.2 Å². The molecular formula is C13H16N4O2. The van der Waals surface area contributed by atoms with Crippen LogP contribution in [0.15, 0.2) is 36.7 Å². The maximum Gasteiger partial charge on any atom is 0.258 e. The van der Waals surface area contributed by atoms with Crippen molar-refractivity contribution < 1.29 is 9.53 Å². The van der Waals surface area contributed by atoms with E-state index in [4.69, 9.17) is 10.5 Å². The van der Waals surface area contributed by atoms with Crippen molar-refractivity contribution >= 4 is 5.91 Å². The normalized spacial score (nSPS) is 10.2. The summed E-state index contributed by atoms with van der Waals surface area (Å²) < 4.78 is 5.44. The monoisotopic (exact) mass is 260 g/mol. The Morgan fingerprint density at radius 3 is 3.00 bits per heavy atom. The topological polar surface area (TPSA) is 93.0 Å². The largest absolute Gasteiger partial charge is 0.483 e. The number of nitrogens with one attached hydrogen (secondary N) is 2. The maximum absolute atomic E-state index is 11.6. The van der Waals surface area contributed by atoms with Crippen LogP contribution in [-0.2, 0) is 17.9 Å². The number of hydrogen-bond acceptors (Lipinski definition) is 4. The molecule has 1 aromatic carbocycles. The second-order valence-corrected chi connectivity index (χ2v) is 3.91. The summed E-state index contributed by atoms with van der Waals surface area (Å²) in [6.07, 6.45) is 3.34. The average Bonchev–Trinajstić information content (AvgIpc) is 2.96. The van der Waals surface area contributed by atoms with E-state index in [0.717, 1.165) is 5.56 Å². The van der Waals surface area contributed by atoms with Crippen molar-refractivity contribution in [3.8, 4) is 5.75 Å². The van der Waals surface area contributed by atoms with Crippen LogP contribution in [0.5, 0.6) is 5.75 Å². The van der Waals surface area contributed by atoms with Gasteiger partial charge in [-0.05, 0) is 6.07 Å². The Bertz CT molecular complexity index is 525. The number of aromatic amines is 1. The lowest BCUT2D eigenvalue weighted by atomic mass is 10.2. The van der Waals surface area contributed by atoms with Gasteiger partial charge in [-0.3, -0.25) is 4.79 Å². The van der Waals surface area contributed by atoms with E-state index in [1.165, 1.54) is 0 Å². The molecule has 19 heavy (non-hydrogen) atoms. The fraction of sp³-hybridized carbons (Fsp3) is 0.231. The van der Waals surface area contributed by atoms with E-state index in [2.05, 4.69) is 15.3 Å². The van der Waals surface area contributed by atoms with Gasteiger partial charge in [-0.25, -0.2) is 4.98 Å². The summed E-state index contributed by atoms with van der Waals surface area (Å²) in [7, 11) is 0. The number of carbonyl (C=O) groups is 1. The van der Waals surface area contributed by atoms with Crippen LogP contribution in [-0.4, -0.2) is 22.5 Å². The molecule has 2 rings (SSSR count). The zero-order chi connectivity index (χ0) is 13.5. The Hall–Kier alpha value is -2.34. The number of nitrogens with zero attached hydrogens (tertiary/aromatic N) is 1. The van der Waals surface area contributed by atoms with E-state index in [1.54, 1.807) is 18.5 Å². The highest BCUT2D eigenvalue weighted by molar-refractivity contribution is 5.77. The summed E-state index contributed by atoms with van der Waals surface area (Å²) in [5.41, 5.74) is 6.46. The first-order chi connectivity index (χ1) is 9.29. The fourth-order valence-electron chi connectivity index (χ4n) is 1.58. The number of imidazole rings is 1. The third kappa shape index (κ3) is 3.82. The Balaban J connectivity index is 1.80. The van der Waals surface area contributed by atoms with Crippen LogP contribution in [0.1, 0.15) is 11.4 Å². The van der Waals surface area contributed by atoms with E-state index in [0.29, 0.717) is 24.7 Å². The standard InChI is InChI=1S/C13H16N4O2/c14-7-10-3-1-2-4-11(10)19-9-13(18)17-8-12-15-5-6-16-12/h1-6H,7-9,14H2,(H,15,16)(H,17,18). The van der Waals surface area contributed by atoms with Gasteiger partial charge in [0.1, 0.15) is 11.6 Å². The van der Waals surface area contributed by atoms with Crippen molar-refractivity contribution in [3.63, 3.8) is 0 Å². The minimum atomic E-state index is -0.205. The van der Waals surface area contributed by atoms with Crippen LogP contribution in [0.3, 0.4) is 0 Å². The lowest BCUT2D eigenvalue weighted by Crippen LogP contribution is -2.29. The predicted molar refractivity (Wildman–Crippen MR) is 70.3 cm³/mol. The summed E-state index contributed by atoms with van der Waals surface area (Å²) in [5.74, 6) is 1.14. The lowest BCUT2D eigenvalue weighted by Gasteiger charge is -2.09. The van der Waals surface area contributed by atoms with Gasteiger partial charge in [0.25, 0.3) is 5.91 Å². The zero-order valence-corrected chi connectivity index (χ0v) is 10.4. The molecule has 0 fully saturated rings. The number of ether oxygens (including phenoxy) is 1. The summed E-state index contributed by atoms with van der Waals surface area (Å²) >= 11 is 0. The lowest BCUT2D eigenvalue weighted by molar-refractivity contribution is -0.123. The zero-order valence-electron chi connectivity index (χ0n) is 10.4. The summed E-state index contributed by atoms with van der Waals surface area (Å²) in [4.78, 5) is 18.5. The fourth-order valence-corrected chi connectivity index (χ4v) is 1.58. The van der Waals surface area contributed by atoms with E-state index in [-0.39, 0.29) is 12.5 Å². The molecule has 0 saturated heterocycles. The van der Waals surface area contributed by atoms with Gasteiger partial charge in [0.15, 0.2) is 6.61 Å². The maximum atomic E-state index is 11.6. The molecular weight excluding hydrogens is 244 g/mol. The SMILES string of the molecule is NCc1ccccc1OCC(=O)NCc1ncc[nH]1. The molecule has 0 unspecified atom stereocenters. The first kappa shape index (κ1) is 13.1. The highest BCUT2D eigenvalue weighted by atomic mass is 16.5. The van der Waals surface area contributed by atoms with E-state index in [9.17, 15) is 4.79 Å². The molecule has 1 amide bonds. The number of nitrogens with two attached hydrogens (primary N) is 1. The van der Waals surface area contributed by atoms with Crippen LogP contribution >= 0.6 is 0 Å². The third-order valence-electron chi connectivity index (χ3n) is 2.56. The molecule has 0 aliphatic rings. The van der Waals surface area contributed by atoms with Gasteiger partial charge < -0.3 is 20.8 Å².